The molecule has 0 amide bonds. The lowest BCUT2D eigenvalue weighted by Gasteiger charge is -1.97. The van der Waals surface area contributed by atoms with Crippen molar-refractivity contribution in [2.75, 3.05) is 19.5 Å². The first-order valence-corrected chi connectivity index (χ1v) is 5.95. The molecule has 0 unspecified atom stereocenters. The Morgan fingerprint density at radius 1 is 1.67 bits per heavy atom. The Morgan fingerprint density at radius 3 is 3.08 bits per heavy atom. The summed E-state index contributed by atoms with van der Waals surface area (Å²) in [7, 11) is 0.846. The fraction of sp³-hybridized carbons (Fsp3) is 0.500. The van der Waals surface area contributed by atoms with Crippen LogP contribution in [0, 0.1) is 0 Å². The van der Waals surface area contributed by atoms with Gasteiger partial charge in [-0.15, -0.1) is 11.3 Å². The van der Waals surface area contributed by atoms with Crippen LogP contribution in [-0.2, 0) is 15.5 Å². The predicted molar refractivity (Wildman–Crippen MR) is 52.1 cm³/mol. The van der Waals surface area contributed by atoms with Crippen molar-refractivity contribution in [2.45, 2.75) is 10.6 Å². The van der Waals surface area contributed by atoms with E-state index in [1.165, 1.54) is 0 Å². The predicted octanol–water partition coefficient (Wildman–Crippen LogP) is 1.89. The van der Waals surface area contributed by atoms with Crippen LogP contribution in [0.3, 0.4) is 0 Å². The zero-order valence-corrected chi connectivity index (χ0v) is 8.62. The molecule has 1 atom stereocenters. The van der Waals surface area contributed by atoms with Gasteiger partial charge in [-0.2, -0.15) is 0 Å². The molecule has 0 spiro atoms. The lowest BCUT2D eigenvalue weighted by molar-refractivity contribution is 0.200. The van der Waals surface area contributed by atoms with Crippen molar-refractivity contribution >= 4 is 22.1 Å². The highest BCUT2D eigenvalue weighted by molar-refractivity contribution is 7.87. The molecule has 1 aromatic heterocycles. The number of rotatable bonds is 5. The normalized spacial score (nSPS) is 13.1. The molecule has 0 saturated heterocycles. The highest BCUT2D eigenvalue weighted by Gasteiger charge is 2.02. The van der Waals surface area contributed by atoms with Gasteiger partial charge < -0.3 is 4.74 Å². The van der Waals surface area contributed by atoms with Gasteiger partial charge >= 0.3 is 0 Å². The van der Waals surface area contributed by atoms with E-state index in [1.54, 1.807) is 18.4 Å². The number of methoxy groups -OCH3 is 1. The Balaban J connectivity index is 2.30. The molecule has 0 fully saturated rings. The molecule has 12 heavy (non-hydrogen) atoms. The van der Waals surface area contributed by atoms with Crippen molar-refractivity contribution in [3.05, 3.63) is 17.5 Å². The quantitative estimate of drug-likeness (QED) is 0.685. The van der Waals surface area contributed by atoms with Gasteiger partial charge in [0, 0.05) is 19.5 Å². The summed E-state index contributed by atoms with van der Waals surface area (Å²) in [6, 6.07) is 3.84. The van der Waals surface area contributed by atoms with E-state index in [-0.39, 0.29) is 0 Å². The molecule has 0 saturated carbocycles. The van der Waals surface area contributed by atoms with E-state index in [0.29, 0.717) is 12.4 Å². The van der Waals surface area contributed by atoms with Crippen LogP contribution in [0.1, 0.15) is 6.42 Å². The summed E-state index contributed by atoms with van der Waals surface area (Å²) >= 11 is 1.55. The van der Waals surface area contributed by atoms with E-state index in [1.807, 2.05) is 17.5 Å². The molecule has 0 bridgehead atoms. The van der Waals surface area contributed by atoms with Crippen LogP contribution in [0.15, 0.2) is 21.7 Å². The topological polar surface area (TPSA) is 26.3 Å². The smallest absolute Gasteiger partial charge is 0.0910 e. The molecule has 0 aromatic carbocycles. The van der Waals surface area contributed by atoms with E-state index < -0.39 is 10.8 Å². The molecule has 0 radical (unpaired) electrons. The van der Waals surface area contributed by atoms with Gasteiger partial charge in [0.2, 0.25) is 0 Å². The monoisotopic (exact) mass is 204 g/mol. The Kier molecular flexibility index (Phi) is 4.50. The van der Waals surface area contributed by atoms with Gasteiger partial charge in [-0.05, 0) is 17.9 Å². The molecule has 4 heteroatoms. The van der Waals surface area contributed by atoms with Gasteiger partial charge in [-0.1, -0.05) is 6.07 Å². The first kappa shape index (κ1) is 9.89. The Hall–Kier alpha value is -0.190. The fourth-order valence-corrected chi connectivity index (χ4v) is 2.93. The van der Waals surface area contributed by atoms with Crippen molar-refractivity contribution in [1.29, 1.82) is 0 Å². The van der Waals surface area contributed by atoms with Crippen LogP contribution in [0.4, 0.5) is 0 Å². The molecule has 1 heterocycles. The Labute approximate surface area is 79.0 Å². The number of hydrogen-bond donors (Lipinski definition) is 0. The fourth-order valence-electron chi connectivity index (χ4n) is 0.828. The zero-order valence-electron chi connectivity index (χ0n) is 6.99. The van der Waals surface area contributed by atoms with Crippen molar-refractivity contribution in [3.8, 4) is 0 Å². The first-order valence-electron chi connectivity index (χ1n) is 3.75. The van der Waals surface area contributed by atoms with E-state index >= 15 is 0 Å². The molecular weight excluding hydrogens is 192 g/mol. The molecule has 68 valence electrons. The van der Waals surface area contributed by atoms with Crippen LogP contribution in [-0.4, -0.2) is 23.7 Å². The van der Waals surface area contributed by atoms with E-state index in [4.69, 9.17) is 4.74 Å². The van der Waals surface area contributed by atoms with Gasteiger partial charge in [0.15, 0.2) is 0 Å². The summed E-state index contributed by atoms with van der Waals surface area (Å²) in [4.78, 5) is 0. The van der Waals surface area contributed by atoms with Crippen LogP contribution < -0.4 is 0 Å². The third-order valence-corrected chi connectivity index (χ3v) is 4.15. The Bertz CT molecular complexity index is 231. The van der Waals surface area contributed by atoms with Crippen LogP contribution >= 0.6 is 11.3 Å². The van der Waals surface area contributed by atoms with Gasteiger partial charge in [0.25, 0.3) is 0 Å². The van der Waals surface area contributed by atoms with Crippen LogP contribution in [0.2, 0.25) is 0 Å². The molecule has 0 aliphatic carbocycles. The second-order valence-corrected chi connectivity index (χ2v) is 5.07. The minimum atomic E-state index is -0.815. The van der Waals surface area contributed by atoms with Crippen molar-refractivity contribution in [1.82, 2.24) is 0 Å². The molecule has 0 aliphatic heterocycles. The average Bonchev–Trinajstić information content (AvgIpc) is 2.56. The van der Waals surface area contributed by atoms with Crippen molar-refractivity contribution in [2.24, 2.45) is 0 Å². The first-order chi connectivity index (χ1) is 5.84. The highest BCUT2D eigenvalue weighted by Crippen LogP contribution is 2.14. The standard InChI is InChI=1S/C8H12O2S2/c1-10-5-3-7-12(9)8-4-2-6-11-8/h2,4,6H,3,5,7H2,1H3/t12-/m0/s1. The number of ether oxygens (including phenoxy) is 1. The third-order valence-electron chi connectivity index (χ3n) is 1.40. The van der Waals surface area contributed by atoms with Gasteiger partial charge in [-0.3, -0.25) is 4.21 Å². The molecule has 1 aromatic rings. The number of thiophene rings is 1. The van der Waals surface area contributed by atoms with Gasteiger partial charge in [0.05, 0.1) is 15.0 Å². The van der Waals surface area contributed by atoms with Crippen LogP contribution in [0.25, 0.3) is 0 Å². The second-order valence-electron chi connectivity index (χ2n) is 2.33. The minimum absolute atomic E-state index is 0.692. The third kappa shape index (κ3) is 3.05. The lowest BCUT2D eigenvalue weighted by Crippen LogP contribution is -1.99. The summed E-state index contributed by atoms with van der Waals surface area (Å²) in [5, 5.41) is 1.95. The summed E-state index contributed by atoms with van der Waals surface area (Å²) in [6.07, 6.45) is 0.862. The van der Waals surface area contributed by atoms with E-state index in [0.717, 1.165) is 10.6 Å². The maximum absolute atomic E-state index is 11.4. The minimum Gasteiger partial charge on any atom is -0.385 e. The second kappa shape index (κ2) is 5.45. The summed E-state index contributed by atoms with van der Waals surface area (Å²) < 4.78 is 17.3. The average molecular weight is 204 g/mol. The van der Waals surface area contributed by atoms with Crippen molar-refractivity contribution in [3.63, 3.8) is 0 Å². The van der Waals surface area contributed by atoms with Gasteiger partial charge in [-0.25, -0.2) is 0 Å². The van der Waals surface area contributed by atoms with Crippen LogP contribution in [0.5, 0.6) is 0 Å². The molecule has 1 rings (SSSR count). The summed E-state index contributed by atoms with van der Waals surface area (Å²) in [6.45, 7) is 0.692. The molecular formula is C8H12O2S2. The maximum Gasteiger partial charge on any atom is 0.0910 e. The van der Waals surface area contributed by atoms with E-state index in [9.17, 15) is 4.21 Å². The Morgan fingerprint density at radius 2 is 2.50 bits per heavy atom. The molecule has 2 nitrogen and oxygen atoms in total. The SMILES string of the molecule is COCCC[S@](=O)c1cccs1. The summed E-state index contributed by atoms with van der Waals surface area (Å²) in [5.74, 6) is 0.703. The van der Waals surface area contributed by atoms with Crippen molar-refractivity contribution < 1.29 is 8.95 Å². The molecule has 0 N–H and O–H groups in total. The largest absolute Gasteiger partial charge is 0.385 e. The summed E-state index contributed by atoms with van der Waals surface area (Å²) in [5.41, 5.74) is 0. The maximum atomic E-state index is 11.4. The zero-order chi connectivity index (χ0) is 8.81. The lowest BCUT2D eigenvalue weighted by atomic mass is 10.5. The molecule has 0 aliphatic rings. The number of hydrogen-bond acceptors (Lipinski definition) is 3. The van der Waals surface area contributed by atoms with E-state index in [2.05, 4.69) is 0 Å². The highest BCUT2D eigenvalue weighted by atomic mass is 32.2. The van der Waals surface area contributed by atoms with Gasteiger partial charge in [0.1, 0.15) is 0 Å².